The van der Waals surface area contributed by atoms with E-state index in [0.717, 1.165) is 60.5 Å². The number of carbonyl (C=O) groups is 2. The first kappa shape index (κ1) is 25.5. The molecule has 0 bridgehead atoms. The average Bonchev–Trinajstić information content (AvgIpc) is 2.83. The minimum atomic E-state index is -0.636. The van der Waals surface area contributed by atoms with Gasteiger partial charge in [0.25, 0.3) is 0 Å². The molecule has 4 heteroatoms. The third kappa shape index (κ3) is 7.18. The maximum atomic E-state index is 12.9. The van der Waals surface area contributed by atoms with Gasteiger partial charge in [-0.2, -0.15) is 0 Å². The Kier molecular flexibility index (Phi) is 9.69. The van der Waals surface area contributed by atoms with Crippen molar-refractivity contribution in [3.05, 3.63) is 77.4 Å². The molecule has 0 heterocycles. The number of allylic oxidation sites excluding steroid dienone is 3. The van der Waals surface area contributed by atoms with E-state index in [0.29, 0.717) is 13.0 Å². The lowest BCUT2D eigenvalue weighted by molar-refractivity contribution is -0.130. The van der Waals surface area contributed by atoms with E-state index in [2.05, 4.69) is 13.8 Å². The summed E-state index contributed by atoms with van der Waals surface area (Å²) in [7, 11) is 0. The summed E-state index contributed by atoms with van der Waals surface area (Å²) < 4.78 is 11.5. The summed E-state index contributed by atoms with van der Waals surface area (Å²) in [6.45, 7) is 7.20. The largest absolute Gasteiger partial charge is 0.494 e. The Bertz CT molecular complexity index is 999. The Hall–Kier alpha value is -3.14. The molecule has 1 aliphatic carbocycles. The van der Waals surface area contributed by atoms with Crippen molar-refractivity contribution in [1.82, 2.24) is 0 Å². The van der Waals surface area contributed by atoms with Crippen LogP contribution in [0.2, 0.25) is 0 Å². The molecule has 2 aromatic carbocycles. The Labute approximate surface area is 203 Å². The number of ketones is 2. The lowest BCUT2D eigenvalue weighted by atomic mass is 9.73. The first-order valence-electron chi connectivity index (χ1n) is 12.4. The molecule has 0 saturated carbocycles. The molecule has 0 spiro atoms. The fourth-order valence-corrected chi connectivity index (χ4v) is 4.17. The number of rotatable bonds is 12. The van der Waals surface area contributed by atoms with Crippen LogP contribution >= 0.6 is 0 Å². The first-order valence-corrected chi connectivity index (χ1v) is 12.4. The highest BCUT2D eigenvalue weighted by molar-refractivity contribution is 6.09. The van der Waals surface area contributed by atoms with Crippen molar-refractivity contribution in [2.24, 2.45) is 5.92 Å². The van der Waals surface area contributed by atoms with Crippen molar-refractivity contribution >= 4 is 17.6 Å². The molecule has 0 aromatic heterocycles. The van der Waals surface area contributed by atoms with Gasteiger partial charge < -0.3 is 9.47 Å². The van der Waals surface area contributed by atoms with E-state index < -0.39 is 5.92 Å². The summed E-state index contributed by atoms with van der Waals surface area (Å²) in [6, 6.07) is 15.8. The van der Waals surface area contributed by atoms with Crippen LogP contribution in [-0.2, 0) is 9.59 Å². The van der Waals surface area contributed by atoms with E-state index in [1.54, 1.807) is 6.08 Å². The molecule has 0 radical (unpaired) electrons. The van der Waals surface area contributed by atoms with Gasteiger partial charge in [-0.3, -0.25) is 9.59 Å². The quantitative estimate of drug-likeness (QED) is 0.254. The zero-order valence-corrected chi connectivity index (χ0v) is 20.6. The van der Waals surface area contributed by atoms with E-state index in [1.807, 2.05) is 60.7 Å². The Morgan fingerprint density at radius 3 is 1.97 bits per heavy atom. The SMILES string of the molecule is CCCCOc1ccc(/C=C/C2=CC(=O)[C@H](C(C)=O)[C@@H](c3ccc(OCCCC)cc3)C2)cc1. The molecule has 0 unspecified atom stereocenters. The molecule has 3 rings (SSSR count). The fourth-order valence-electron chi connectivity index (χ4n) is 4.17. The second-order valence-electron chi connectivity index (χ2n) is 8.90. The maximum absolute atomic E-state index is 12.9. The number of hydrogen-bond acceptors (Lipinski definition) is 4. The van der Waals surface area contributed by atoms with Crippen LogP contribution in [0.25, 0.3) is 6.08 Å². The summed E-state index contributed by atoms with van der Waals surface area (Å²) >= 11 is 0. The molecule has 4 nitrogen and oxygen atoms in total. The molecule has 0 saturated heterocycles. The monoisotopic (exact) mass is 460 g/mol. The summed E-state index contributed by atoms with van der Waals surface area (Å²) in [5.41, 5.74) is 2.96. The lowest BCUT2D eigenvalue weighted by Crippen LogP contribution is -2.31. The van der Waals surface area contributed by atoms with Crippen molar-refractivity contribution in [2.45, 2.75) is 58.8 Å². The number of ether oxygens (including phenoxy) is 2. The Morgan fingerprint density at radius 2 is 1.44 bits per heavy atom. The van der Waals surface area contributed by atoms with Crippen molar-refractivity contribution in [3.8, 4) is 11.5 Å². The van der Waals surface area contributed by atoms with Crippen LogP contribution in [0.3, 0.4) is 0 Å². The van der Waals surface area contributed by atoms with E-state index in [4.69, 9.17) is 9.47 Å². The van der Waals surface area contributed by atoms with E-state index in [-0.39, 0.29) is 17.5 Å². The van der Waals surface area contributed by atoms with Crippen LogP contribution in [-0.4, -0.2) is 24.8 Å². The lowest BCUT2D eigenvalue weighted by Gasteiger charge is -2.28. The van der Waals surface area contributed by atoms with Crippen molar-refractivity contribution in [1.29, 1.82) is 0 Å². The van der Waals surface area contributed by atoms with Gasteiger partial charge in [0, 0.05) is 5.92 Å². The molecule has 0 fully saturated rings. The summed E-state index contributed by atoms with van der Waals surface area (Å²) in [5.74, 6) is 0.667. The van der Waals surface area contributed by atoms with Crippen LogP contribution in [0.4, 0.5) is 0 Å². The zero-order valence-electron chi connectivity index (χ0n) is 20.6. The molecule has 2 aromatic rings. The average molecular weight is 461 g/mol. The standard InChI is InChI=1S/C30H36O4/c1-4-6-18-33-26-14-10-23(11-15-26)8-9-24-20-28(30(22(3)31)29(32)21-24)25-12-16-27(17-13-25)34-19-7-5-2/h8-17,21,28,30H,4-7,18-20H2,1-3H3/b9-8+/t28-,30-/m1/s1. The van der Waals surface area contributed by atoms with E-state index >= 15 is 0 Å². The van der Waals surface area contributed by atoms with Gasteiger partial charge in [0.15, 0.2) is 5.78 Å². The van der Waals surface area contributed by atoms with Crippen molar-refractivity contribution in [2.75, 3.05) is 13.2 Å². The molecule has 0 amide bonds. The highest BCUT2D eigenvalue weighted by Gasteiger charge is 2.35. The van der Waals surface area contributed by atoms with Crippen LogP contribution in [0, 0.1) is 5.92 Å². The molecule has 0 N–H and O–H groups in total. The van der Waals surface area contributed by atoms with E-state index in [1.165, 1.54) is 6.92 Å². The van der Waals surface area contributed by atoms with Gasteiger partial charge in [0.1, 0.15) is 17.3 Å². The van der Waals surface area contributed by atoms with Crippen molar-refractivity contribution in [3.63, 3.8) is 0 Å². The third-order valence-electron chi connectivity index (χ3n) is 6.14. The molecular weight excluding hydrogens is 424 g/mol. The van der Waals surface area contributed by atoms with Crippen molar-refractivity contribution < 1.29 is 19.1 Å². The second-order valence-corrected chi connectivity index (χ2v) is 8.90. The Morgan fingerprint density at radius 1 is 0.882 bits per heavy atom. The van der Waals surface area contributed by atoms with Crippen LogP contribution in [0.1, 0.15) is 69.9 Å². The van der Waals surface area contributed by atoms with Gasteiger partial charge in [-0.15, -0.1) is 0 Å². The van der Waals surface area contributed by atoms with Gasteiger partial charge in [0.2, 0.25) is 0 Å². The molecule has 180 valence electrons. The maximum Gasteiger partial charge on any atom is 0.167 e. The first-order chi connectivity index (χ1) is 16.5. The van der Waals surface area contributed by atoms with Crippen LogP contribution in [0.5, 0.6) is 11.5 Å². The van der Waals surface area contributed by atoms with Gasteiger partial charge in [-0.25, -0.2) is 0 Å². The zero-order chi connectivity index (χ0) is 24.3. The van der Waals surface area contributed by atoms with Crippen LogP contribution in [0.15, 0.2) is 66.3 Å². The topological polar surface area (TPSA) is 52.6 Å². The highest BCUT2D eigenvalue weighted by atomic mass is 16.5. The number of carbonyl (C=O) groups excluding carboxylic acids is 2. The van der Waals surface area contributed by atoms with Gasteiger partial charge in [-0.1, -0.05) is 63.1 Å². The summed E-state index contributed by atoms with van der Waals surface area (Å²) in [5, 5.41) is 0. The summed E-state index contributed by atoms with van der Waals surface area (Å²) in [6.07, 6.45) is 10.5. The normalized spacial score (nSPS) is 18.1. The minimum absolute atomic E-state index is 0.0868. The van der Waals surface area contributed by atoms with Gasteiger partial charge in [0.05, 0.1) is 19.1 Å². The van der Waals surface area contributed by atoms with Gasteiger partial charge in [-0.05, 0) is 73.2 Å². The minimum Gasteiger partial charge on any atom is -0.494 e. The van der Waals surface area contributed by atoms with E-state index in [9.17, 15) is 9.59 Å². The number of Topliss-reactive ketones (excluding diaryl/α,β-unsaturated/α-hetero) is 1. The van der Waals surface area contributed by atoms with Crippen LogP contribution < -0.4 is 9.47 Å². The number of unbranched alkanes of at least 4 members (excludes halogenated alkanes) is 2. The molecule has 0 aliphatic heterocycles. The van der Waals surface area contributed by atoms with Gasteiger partial charge >= 0.3 is 0 Å². The molecule has 1 aliphatic rings. The summed E-state index contributed by atoms with van der Waals surface area (Å²) in [4.78, 5) is 25.2. The third-order valence-corrected chi connectivity index (χ3v) is 6.14. The Balaban J connectivity index is 1.71. The smallest absolute Gasteiger partial charge is 0.167 e. The number of hydrogen-bond donors (Lipinski definition) is 0. The number of benzene rings is 2. The predicted octanol–water partition coefficient (Wildman–Crippen LogP) is 6.95. The predicted molar refractivity (Wildman–Crippen MR) is 137 cm³/mol. The molecular formula is C30H36O4. The molecule has 2 atom stereocenters. The molecule has 34 heavy (non-hydrogen) atoms. The second kappa shape index (κ2) is 12.9. The fraction of sp³-hybridized carbons (Fsp3) is 0.400. The highest BCUT2D eigenvalue weighted by Crippen LogP contribution is 2.38.